The van der Waals surface area contributed by atoms with E-state index in [2.05, 4.69) is 4.74 Å². The van der Waals surface area contributed by atoms with Gasteiger partial charge >= 0.3 is 11.9 Å². The molecule has 11 heteroatoms. The number of piperidine rings is 1. The Morgan fingerprint density at radius 2 is 1.94 bits per heavy atom. The second kappa shape index (κ2) is 11.2. The molecule has 3 rings (SSSR count). The maximum atomic E-state index is 12.9. The summed E-state index contributed by atoms with van der Waals surface area (Å²) in [6.07, 6.45) is 4.35. The standard InChI is InChI=1S/C22H28N2O7S2/c1-16-6-3-4-12-24(16)33(28,29)18-9-7-17(8-10-18)22(27)31-13-5-11-23-19(25)15-32-20(23)14-21(26)30-2/h7-10,14,16H,3-6,11-13,15H2,1-2H3/b20-14+. The van der Waals surface area contributed by atoms with Gasteiger partial charge in [-0.25, -0.2) is 18.0 Å². The van der Waals surface area contributed by atoms with Gasteiger partial charge in [-0.15, -0.1) is 0 Å². The fourth-order valence-electron chi connectivity index (χ4n) is 3.73. The van der Waals surface area contributed by atoms with Crippen molar-refractivity contribution < 1.29 is 32.3 Å². The molecule has 0 aromatic heterocycles. The van der Waals surface area contributed by atoms with Gasteiger partial charge in [0.25, 0.3) is 0 Å². The van der Waals surface area contributed by atoms with Crippen molar-refractivity contribution in [2.24, 2.45) is 0 Å². The second-order valence-corrected chi connectivity index (χ2v) is 10.7. The van der Waals surface area contributed by atoms with Crippen LogP contribution < -0.4 is 0 Å². The van der Waals surface area contributed by atoms with Crippen molar-refractivity contribution in [2.75, 3.05) is 32.6 Å². The molecule has 2 heterocycles. The number of nitrogens with zero attached hydrogens (tertiary/aromatic N) is 2. The van der Waals surface area contributed by atoms with Gasteiger partial charge in [0.2, 0.25) is 15.9 Å². The molecular weight excluding hydrogens is 468 g/mol. The first-order chi connectivity index (χ1) is 15.7. The summed E-state index contributed by atoms with van der Waals surface area (Å²) in [4.78, 5) is 37.4. The van der Waals surface area contributed by atoms with E-state index in [1.165, 1.54) is 58.4 Å². The van der Waals surface area contributed by atoms with Crippen molar-refractivity contribution in [3.63, 3.8) is 0 Å². The Bertz CT molecular complexity index is 1020. The predicted molar refractivity (Wildman–Crippen MR) is 123 cm³/mol. The Morgan fingerprint density at radius 1 is 1.21 bits per heavy atom. The molecule has 0 spiro atoms. The number of hydrogen-bond donors (Lipinski definition) is 0. The Morgan fingerprint density at radius 3 is 2.61 bits per heavy atom. The minimum absolute atomic E-state index is 0.0442. The third-order valence-corrected chi connectivity index (χ3v) is 8.60. The molecule has 0 saturated carbocycles. The molecule has 2 fully saturated rings. The zero-order valence-electron chi connectivity index (χ0n) is 18.7. The van der Waals surface area contributed by atoms with E-state index in [9.17, 15) is 22.8 Å². The average molecular weight is 497 g/mol. The van der Waals surface area contributed by atoms with E-state index in [4.69, 9.17) is 4.74 Å². The number of carbonyl (C=O) groups is 3. The summed E-state index contributed by atoms with van der Waals surface area (Å²) in [6, 6.07) is 5.70. The quantitative estimate of drug-likeness (QED) is 0.307. The minimum Gasteiger partial charge on any atom is -0.466 e. The van der Waals surface area contributed by atoms with Crippen LogP contribution in [-0.2, 0) is 29.1 Å². The molecule has 180 valence electrons. The average Bonchev–Trinajstić information content (AvgIpc) is 3.15. The summed E-state index contributed by atoms with van der Waals surface area (Å²) in [5.74, 6) is -0.989. The topological polar surface area (TPSA) is 110 Å². The summed E-state index contributed by atoms with van der Waals surface area (Å²) in [7, 11) is -2.34. The van der Waals surface area contributed by atoms with Crippen LogP contribution in [-0.4, -0.2) is 74.1 Å². The van der Waals surface area contributed by atoms with Gasteiger partial charge in [-0.1, -0.05) is 18.2 Å². The number of methoxy groups -OCH3 is 1. The van der Waals surface area contributed by atoms with E-state index in [1.54, 1.807) is 0 Å². The zero-order valence-corrected chi connectivity index (χ0v) is 20.3. The highest BCUT2D eigenvalue weighted by atomic mass is 32.2. The monoisotopic (exact) mass is 496 g/mol. The van der Waals surface area contributed by atoms with Gasteiger partial charge < -0.3 is 14.4 Å². The molecule has 0 N–H and O–H groups in total. The lowest BCUT2D eigenvalue weighted by atomic mass is 10.1. The smallest absolute Gasteiger partial charge is 0.338 e. The van der Waals surface area contributed by atoms with Gasteiger partial charge in [-0.2, -0.15) is 4.31 Å². The number of ether oxygens (including phenoxy) is 2. The van der Waals surface area contributed by atoms with Gasteiger partial charge in [0.1, 0.15) is 0 Å². The third-order valence-electron chi connectivity index (χ3n) is 5.55. The number of thioether (sulfide) groups is 1. The van der Waals surface area contributed by atoms with E-state index in [0.717, 1.165) is 19.3 Å². The van der Waals surface area contributed by atoms with Gasteiger partial charge in [-0.3, -0.25) is 4.79 Å². The van der Waals surface area contributed by atoms with Gasteiger partial charge in [0, 0.05) is 19.1 Å². The fourth-order valence-corrected chi connectivity index (χ4v) is 6.38. The second-order valence-electron chi connectivity index (χ2n) is 7.81. The molecule has 1 amide bonds. The van der Waals surface area contributed by atoms with E-state index in [-0.39, 0.29) is 34.8 Å². The largest absolute Gasteiger partial charge is 0.466 e. The van der Waals surface area contributed by atoms with E-state index >= 15 is 0 Å². The molecule has 1 aromatic carbocycles. The minimum atomic E-state index is -3.60. The van der Waals surface area contributed by atoms with Crippen molar-refractivity contribution in [1.82, 2.24) is 9.21 Å². The predicted octanol–water partition coefficient (Wildman–Crippen LogP) is 2.39. The molecule has 33 heavy (non-hydrogen) atoms. The molecule has 1 atom stereocenters. The lowest BCUT2D eigenvalue weighted by Gasteiger charge is -2.32. The van der Waals surface area contributed by atoms with Crippen LogP contribution >= 0.6 is 11.8 Å². The zero-order chi connectivity index (χ0) is 24.0. The van der Waals surface area contributed by atoms with Crippen LogP contribution in [0.2, 0.25) is 0 Å². The highest BCUT2D eigenvalue weighted by Gasteiger charge is 2.31. The molecule has 1 unspecified atom stereocenters. The third kappa shape index (κ3) is 6.15. The number of amides is 1. The van der Waals surface area contributed by atoms with Gasteiger partial charge in [-0.05, 0) is 50.5 Å². The molecule has 1 aromatic rings. The molecule has 0 bridgehead atoms. The van der Waals surface area contributed by atoms with Crippen molar-refractivity contribution in [2.45, 2.75) is 43.5 Å². The molecule has 2 aliphatic heterocycles. The molecular formula is C22H28N2O7S2. The summed E-state index contributed by atoms with van der Waals surface area (Å²) in [5.41, 5.74) is 0.250. The Kier molecular flexibility index (Phi) is 8.55. The Balaban J connectivity index is 1.52. The van der Waals surface area contributed by atoms with Crippen molar-refractivity contribution in [3.8, 4) is 0 Å². The number of carbonyl (C=O) groups excluding carboxylic acids is 3. The fraction of sp³-hybridized carbons (Fsp3) is 0.500. The lowest BCUT2D eigenvalue weighted by molar-refractivity contribution is -0.134. The number of esters is 2. The first-order valence-corrected chi connectivity index (χ1v) is 13.2. The Labute approximate surface area is 198 Å². The van der Waals surface area contributed by atoms with Crippen LogP contribution in [0.3, 0.4) is 0 Å². The lowest BCUT2D eigenvalue weighted by Crippen LogP contribution is -2.41. The van der Waals surface area contributed by atoms with Crippen LogP contribution in [0.1, 0.15) is 43.0 Å². The van der Waals surface area contributed by atoms with Crippen LogP contribution in [0, 0.1) is 0 Å². The maximum absolute atomic E-state index is 12.9. The van der Waals surface area contributed by atoms with Crippen molar-refractivity contribution >= 4 is 39.6 Å². The SMILES string of the molecule is COC(=O)/C=C1/SCC(=O)N1CCCOC(=O)c1ccc(S(=O)(=O)N2CCCCC2C)cc1. The van der Waals surface area contributed by atoms with Crippen LogP contribution in [0.25, 0.3) is 0 Å². The van der Waals surface area contributed by atoms with E-state index in [0.29, 0.717) is 24.5 Å². The highest BCUT2D eigenvalue weighted by molar-refractivity contribution is 8.04. The summed E-state index contributed by atoms with van der Waals surface area (Å²) >= 11 is 1.25. The summed E-state index contributed by atoms with van der Waals surface area (Å²) in [5, 5.41) is 0.512. The van der Waals surface area contributed by atoms with Gasteiger partial charge in [0.05, 0.1) is 41.0 Å². The molecule has 0 radical (unpaired) electrons. The number of rotatable bonds is 8. The van der Waals surface area contributed by atoms with E-state index in [1.807, 2.05) is 6.92 Å². The molecule has 2 saturated heterocycles. The number of benzene rings is 1. The van der Waals surface area contributed by atoms with Crippen LogP contribution in [0.15, 0.2) is 40.3 Å². The van der Waals surface area contributed by atoms with Crippen molar-refractivity contribution in [3.05, 3.63) is 40.9 Å². The van der Waals surface area contributed by atoms with Crippen molar-refractivity contribution in [1.29, 1.82) is 0 Å². The summed E-state index contributed by atoms with van der Waals surface area (Å²) < 4.78 is 37.2. The normalized spacial score (nSPS) is 20.8. The number of hydrogen-bond acceptors (Lipinski definition) is 8. The Hall–Kier alpha value is -2.37. The highest BCUT2D eigenvalue weighted by Crippen LogP contribution is 2.29. The molecule has 9 nitrogen and oxygen atoms in total. The maximum Gasteiger partial charge on any atom is 0.338 e. The van der Waals surface area contributed by atoms with Crippen LogP contribution in [0.5, 0.6) is 0 Å². The van der Waals surface area contributed by atoms with E-state index < -0.39 is 22.0 Å². The number of sulfonamides is 1. The first kappa shape index (κ1) is 25.3. The van der Waals surface area contributed by atoms with Gasteiger partial charge in [0.15, 0.2) is 0 Å². The van der Waals surface area contributed by atoms with Crippen LogP contribution in [0.4, 0.5) is 0 Å². The first-order valence-electron chi connectivity index (χ1n) is 10.8. The summed E-state index contributed by atoms with van der Waals surface area (Å²) in [6.45, 7) is 2.78. The molecule has 0 aliphatic carbocycles. The molecule has 2 aliphatic rings.